The Kier molecular flexibility index (Phi) is 5.06. The number of hydrogen-bond acceptors (Lipinski definition) is 3. The lowest BCUT2D eigenvalue weighted by atomic mass is 10.1. The number of aryl methyl sites for hydroxylation is 2. The fourth-order valence-corrected chi connectivity index (χ4v) is 3.27. The first kappa shape index (κ1) is 15.3. The van der Waals surface area contributed by atoms with Gasteiger partial charge >= 0.3 is 0 Å². The van der Waals surface area contributed by atoms with Crippen molar-refractivity contribution in [3.63, 3.8) is 0 Å². The smallest absolute Gasteiger partial charge is 0.150 e. The lowest BCUT2D eigenvalue weighted by Crippen LogP contribution is -2.08. The molecule has 1 aromatic heterocycles. The van der Waals surface area contributed by atoms with Gasteiger partial charge in [-0.2, -0.15) is 0 Å². The van der Waals surface area contributed by atoms with Gasteiger partial charge in [-0.25, -0.2) is 4.98 Å². The Morgan fingerprint density at radius 1 is 1.30 bits per heavy atom. The van der Waals surface area contributed by atoms with Crippen LogP contribution in [0.1, 0.15) is 46.8 Å². The molecule has 0 saturated heterocycles. The van der Waals surface area contributed by atoms with Crippen LogP contribution in [0, 0.1) is 20.8 Å². The third-order valence-corrected chi connectivity index (χ3v) is 4.65. The zero-order valence-electron chi connectivity index (χ0n) is 12.4. The average Bonchev–Trinajstić information content (AvgIpc) is 2.89. The molecule has 1 atom stereocenters. The Hall–Kier alpha value is -1.06. The lowest BCUT2D eigenvalue weighted by molar-refractivity contribution is 0.199. The number of thiazole rings is 1. The van der Waals surface area contributed by atoms with Gasteiger partial charge in [0.05, 0.1) is 11.6 Å². The lowest BCUT2D eigenvalue weighted by Gasteiger charge is -2.18. The van der Waals surface area contributed by atoms with Gasteiger partial charge in [-0.15, -0.1) is 22.9 Å². The molecule has 0 radical (unpaired) electrons. The van der Waals surface area contributed by atoms with Crippen LogP contribution in [0.15, 0.2) is 17.5 Å². The molecule has 20 heavy (non-hydrogen) atoms. The number of alkyl halides is 1. The molecule has 0 fully saturated rings. The van der Waals surface area contributed by atoms with Crippen LogP contribution in [-0.2, 0) is 5.88 Å². The SMILES string of the molecule is CCC(Oc1cc(C)cc(C)c1C)c1nc(CCl)cs1. The molecule has 2 aromatic rings. The summed E-state index contributed by atoms with van der Waals surface area (Å²) in [7, 11) is 0. The molecule has 0 aliphatic rings. The topological polar surface area (TPSA) is 22.1 Å². The minimum atomic E-state index is -0.00290. The second-order valence-corrected chi connectivity index (χ2v) is 6.19. The fraction of sp³-hybridized carbons (Fsp3) is 0.438. The van der Waals surface area contributed by atoms with E-state index in [4.69, 9.17) is 16.3 Å². The van der Waals surface area contributed by atoms with E-state index >= 15 is 0 Å². The molecule has 0 bridgehead atoms. The molecule has 0 spiro atoms. The largest absolute Gasteiger partial charge is 0.483 e. The summed E-state index contributed by atoms with van der Waals surface area (Å²) in [5.41, 5.74) is 4.60. The quantitative estimate of drug-likeness (QED) is 0.696. The normalized spacial score (nSPS) is 12.4. The molecule has 4 heteroatoms. The number of rotatable bonds is 5. The highest BCUT2D eigenvalue weighted by Crippen LogP contribution is 2.31. The van der Waals surface area contributed by atoms with Crippen molar-refractivity contribution in [2.75, 3.05) is 0 Å². The molecule has 108 valence electrons. The van der Waals surface area contributed by atoms with Crippen LogP contribution >= 0.6 is 22.9 Å². The number of halogens is 1. The standard InChI is InChI=1S/C16H20ClNOS/c1-5-14(16-18-13(8-17)9-20-16)19-15-7-10(2)6-11(3)12(15)4/h6-7,9,14H,5,8H2,1-4H3. The van der Waals surface area contributed by atoms with Crippen LogP contribution in [0.4, 0.5) is 0 Å². The highest BCUT2D eigenvalue weighted by Gasteiger charge is 2.17. The van der Waals surface area contributed by atoms with Crippen LogP contribution in [0.2, 0.25) is 0 Å². The predicted molar refractivity (Wildman–Crippen MR) is 86.0 cm³/mol. The third-order valence-electron chi connectivity index (χ3n) is 3.39. The molecule has 0 saturated carbocycles. The number of nitrogens with zero attached hydrogens (tertiary/aromatic N) is 1. The molecular formula is C16H20ClNOS. The zero-order valence-corrected chi connectivity index (χ0v) is 13.9. The van der Waals surface area contributed by atoms with Crippen molar-refractivity contribution in [2.45, 2.75) is 46.1 Å². The van der Waals surface area contributed by atoms with E-state index < -0.39 is 0 Å². The summed E-state index contributed by atoms with van der Waals surface area (Å²) in [5, 5.41) is 3.00. The van der Waals surface area contributed by atoms with Gasteiger partial charge in [0.25, 0.3) is 0 Å². The first-order valence-corrected chi connectivity index (χ1v) is 8.21. The van der Waals surface area contributed by atoms with Gasteiger partial charge in [0, 0.05) is 5.38 Å². The second-order valence-electron chi connectivity index (χ2n) is 5.03. The van der Waals surface area contributed by atoms with Crippen LogP contribution in [0.25, 0.3) is 0 Å². The fourth-order valence-electron chi connectivity index (χ4n) is 2.12. The molecule has 0 aliphatic heterocycles. The van der Waals surface area contributed by atoms with E-state index in [0.717, 1.165) is 22.9 Å². The van der Waals surface area contributed by atoms with E-state index in [-0.39, 0.29) is 6.10 Å². The molecule has 2 nitrogen and oxygen atoms in total. The Morgan fingerprint density at radius 3 is 2.65 bits per heavy atom. The van der Waals surface area contributed by atoms with Gasteiger partial charge in [0.15, 0.2) is 0 Å². The summed E-state index contributed by atoms with van der Waals surface area (Å²) in [6.07, 6.45) is 0.888. The van der Waals surface area contributed by atoms with E-state index in [1.54, 1.807) is 11.3 Å². The second kappa shape index (κ2) is 6.59. The molecular weight excluding hydrogens is 290 g/mol. The van der Waals surface area contributed by atoms with Gasteiger partial charge in [-0.1, -0.05) is 13.0 Å². The molecule has 1 unspecified atom stereocenters. The maximum Gasteiger partial charge on any atom is 0.150 e. The number of benzene rings is 1. The van der Waals surface area contributed by atoms with E-state index in [1.165, 1.54) is 16.7 Å². The monoisotopic (exact) mass is 309 g/mol. The third kappa shape index (κ3) is 3.33. The van der Waals surface area contributed by atoms with Crippen LogP contribution < -0.4 is 4.74 Å². The van der Waals surface area contributed by atoms with Crippen LogP contribution in [0.3, 0.4) is 0 Å². The van der Waals surface area contributed by atoms with Crippen LogP contribution in [0.5, 0.6) is 5.75 Å². The highest BCUT2D eigenvalue weighted by atomic mass is 35.5. The van der Waals surface area contributed by atoms with Gasteiger partial charge in [0.1, 0.15) is 16.9 Å². The van der Waals surface area contributed by atoms with Crippen molar-refractivity contribution in [3.8, 4) is 5.75 Å². The summed E-state index contributed by atoms with van der Waals surface area (Å²) < 4.78 is 6.20. The van der Waals surface area contributed by atoms with Crippen molar-refractivity contribution in [2.24, 2.45) is 0 Å². The maximum absolute atomic E-state index is 6.20. The van der Waals surface area contributed by atoms with Crippen molar-refractivity contribution >= 4 is 22.9 Å². The summed E-state index contributed by atoms with van der Waals surface area (Å²) in [6.45, 7) is 8.42. The van der Waals surface area contributed by atoms with Crippen molar-refractivity contribution in [1.29, 1.82) is 0 Å². The summed E-state index contributed by atoms with van der Waals surface area (Å²) in [4.78, 5) is 4.53. The summed E-state index contributed by atoms with van der Waals surface area (Å²) >= 11 is 7.44. The highest BCUT2D eigenvalue weighted by molar-refractivity contribution is 7.09. The predicted octanol–water partition coefficient (Wildman–Crippen LogP) is 5.34. The molecule has 2 rings (SSSR count). The van der Waals surface area contributed by atoms with Gasteiger partial charge in [-0.05, 0) is 49.9 Å². The molecule has 0 aliphatic carbocycles. The molecule has 0 amide bonds. The first-order valence-electron chi connectivity index (χ1n) is 6.80. The minimum Gasteiger partial charge on any atom is -0.483 e. The van der Waals surface area contributed by atoms with E-state index in [0.29, 0.717) is 5.88 Å². The Bertz CT molecular complexity index is 594. The van der Waals surface area contributed by atoms with E-state index in [2.05, 4.69) is 44.8 Å². The first-order chi connectivity index (χ1) is 9.55. The Labute approximate surface area is 129 Å². The minimum absolute atomic E-state index is 0.00290. The van der Waals surface area contributed by atoms with Gasteiger partial charge in [0.2, 0.25) is 0 Å². The molecule has 1 heterocycles. The van der Waals surface area contributed by atoms with E-state index in [9.17, 15) is 0 Å². The van der Waals surface area contributed by atoms with Crippen LogP contribution in [-0.4, -0.2) is 4.98 Å². The van der Waals surface area contributed by atoms with Crippen molar-refractivity contribution in [1.82, 2.24) is 4.98 Å². The van der Waals surface area contributed by atoms with Gasteiger partial charge in [-0.3, -0.25) is 0 Å². The van der Waals surface area contributed by atoms with Gasteiger partial charge < -0.3 is 4.74 Å². The summed E-state index contributed by atoms with van der Waals surface area (Å²) in [5.74, 6) is 1.41. The number of aromatic nitrogens is 1. The van der Waals surface area contributed by atoms with Crippen molar-refractivity contribution in [3.05, 3.63) is 44.9 Å². The number of ether oxygens (including phenoxy) is 1. The molecule has 1 aromatic carbocycles. The zero-order chi connectivity index (χ0) is 14.7. The van der Waals surface area contributed by atoms with Crippen molar-refractivity contribution < 1.29 is 4.74 Å². The molecule has 0 N–H and O–H groups in total. The average molecular weight is 310 g/mol. The number of hydrogen-bond donors (Lipinski definition) is 0. The van der Waals surface area contributed by atoms with E-state index in [1.807, 2.05) is 5.38 Å². The summed E-state index contributed by atoms with van der Waals surface area (Å²) in [6, 6.07) is 4.28. The maximum atomic E-state index is 6.20. The Balaban J connectivity index is 2.26. The Morgan fingerprint density at radius 2 is 2.05 bits per heavy atom.